The summed E-state index contributed by atoms with van der Waals surface area (Å²) < 4.78 is 24.0. The topological polar surface area (TPSA) is 124 Å². The van der Waals surface area contributed by atoms with Gasteiger partial charge in [-0.2, -0.15) is 0 Å². The number of carbonyl (C=O) groups is 1. The van der Waals surface area contributed by atoms with Crippen molar-refractivity contribution in [1.29, 1.82) is 0 Å². The lowest BCUT2D eigenvalue weighted by Gasteiger charge is -2.14. The molecule has 1 amide bonds. The van der Waals surface area contributed by atoms with Crippen molar-refractivity contribution in [2.45, 2.75) is 29.1 Å². The first-order chi connectivity index (χ1) is 13.6. The number of primary sulfonamides is 1. The third kappa shape index (κ3) is 4.66. The average Bonchev–Trinajstić information content (AvgIpc) is 2.66. The molecule has 29 heavy (non-hydrogen) atoms. The molecule has 0 spiro atoms. The number of hydrogen-bond acceptors (Lipinski definition) is 6. The van der Waals surface area contributed by atoms with E-state index >= 15 is 0 Å². The molecule has 1 aromatic heterocycles. The van der Waals surface area contributed by atoms with Crippen LogP contribution in [0, 0.1) is 6.92 Å². The van der Waals surface area contributed by atoms with E-state index in [9.17, 15) is 18.0 Å². The van der Waals surface area contributed by atoms with Crippen LogP contribution < -0.4 is 16.0 Å². The van der Waals surface area contributed by atoms with E-state index in [1.54, 1.807) is 26.1 Å². The monoisotopic (exact) mass is 432 g/mol. The van der Waals surface area contributed by atoms with Gasteiger partial charge >= 0.3 is 0 Å². The summed E-state index contributed by atoms with van der Waals surface area (Å²) in [6.07, 6.45) is 0. The Labute approximate surface area is 172 Å². The summed E-state index contributed by atoms with van der Waals surface area (Å²) in [5.74, 6) is -0.309. The highest BCUT2D eigenvalue weighted by atomic mass is 32.2. The van der Waals surface area contributed by atoms with Gasteiger partial charge in [0.1, 0.15) is 0 Å². The molecule has 0 aliphatic carbocycles. The Morgan fingerprint density at radius 3 is 2.48 bits per heavy atom. The zero-order valence-electron chi connectivity index (χ0n) is 16.0. The molecule has 0 aliphatic rings. The largest absolute Gasteiger partial charge is 0.325 e. The number of thioether (sulfide) groups is 1. The van der Waals surface area contributed by atoms with Gasteiger partial charge in [0.15, 0.2) is 5.16 Å². The van der Waals surface area contributed by atoms with Crippen LogP contribution in [0.4, 0.5) is 5.69 Å². The fourth-order valence-corrected chi connectivity index (χ4v) is 4.04. The molecule has 3 aromatic rings. The lowest BCUT2D eigenvalue weighted by atomic mass is 10.2. The number of anilines is 1. The predicted octanol–water partition coefficient (Wildman–Crippen LogP) is 2.01. The van der Waals surface area contributed by atoms with Gasteiger partial charge in [-0.1, -0.05) is 23.4 Å². The Morgan fingerprint density at radius 1 is 1.21 bits per heavy atom. The number of nitrogens with two attached hydrogens (primary N) is 1. The number of amides is 1. The summed E-state index contributed by atoms with van der Waals surface area (Å²) in [5, 5.41) is 8.19. The summed E-state index contributed by atoms with van der Waals surface area (Å²) in [6, 6.07) is 11.0. The van der Waals surface area contributed by atoms with Crippen molar-refractivity contribution in [2.75, 3.05) is 5.32 Å². The minimum atomic E-state index is -3.79. The predicted molar refractivity (Wildman–Crippen MR) is 113 cm³/mol. The third-order valence-electron chi connectivity index (χ3n) is 4.29. The summed E-state index contributed by atoms with van der Waals surface area (Å²) in [5.41, 5.74) is 1.81. The van der Waals surface area contributed by atoms with Crippen LogP contribution in [-0.2, 0) is 21.9 Å². The van der Waals surface area contributed by atoms with Crippen LogP contribution in [0.2, 0.25) is 0 Å². The molecule has 3 N–H and O–H groups in total. The van der Waals surface area contributed by atoms with Gasteiger partial charge in [0.2, 0.25) is 15.9 Å². The van der Waals surface area contributed by atoms with Crippen molar-refractivity contribution in [2.24, 2.45) is 12.2 Å². The van der Waals surface area contributed by atoms with Crippen LogP contribution in [0.5, 0.6) is 0 Å². The molecular weight excluding hydrogens is 412 g/mol. The van der Waals surface area contributed by atoms with Crippen LogP contribution in [0.15, 0.2) is 57.3 Å². The molecule has 8 nitrogen and oxygen atoms in total. The second kappa shape index (κ2) is 7.97. The molecule has 152 valence electrons. The first-order valence-corrected chi connectivity index (χ1v) is 11.1. The number of benzene rings is 2. The second-order valence-corrected chi connectivity index (χ2v) is 9.47. The van der Waals surface area contributed by atoms with Gasteiger partial charge in [-0.25, -0.2) is 18.5 Å². The molecule has 1 heterocycles. The van der Waals surface area contributed by atoms with Gasteiger partial charge in [-0.05, 0) is 50.2 Å². The van der Waals surface area contributed by atoms with E-state index in [0.29, 0.717) is 21.7 Å². The Bertz CT molecular complexity index is 1250. The smallest absolute Gasteiger partial charge is 0.261 e. The Balaban J connectivity index is 1.78. The van der Waals surface area contributed by atoms with Crippen molar-refractivity contribution in [3.63, 3.8) is 0 Å². The summed E-state index contributed by atoms with van der Waals surface area (Å²) >= 11 is 1.16. The van der Waals surface area contributed by atoms with E-state index in [1.807, 2.05) is 13.0 Å². The SMILES string of the molecule is Cc1ccc2nc(SC(C)C(=O)Nc3ccc(S(N)(=O)=O)cc3)n(C)c(=O)c2c1. The zero-order valence-corrected chi connectivity index (χ0v) is 17.7. The Hall–Kier alpha value is -2.69. The first kappa shape index (κ1) is 21.0. The van der Waals surface area contributed by atoms with Crippen molar-refractivity contribution in [3.8, 4) is 0 Å². The molecule has 0 saturated heterocycles. The van der Waals surface area contributed by atoms with Gasteiger partial charge < -0.3 is 5.32 Å². The molecule has 3 rings (SSSR count). The van der Waals surface area contributed by atoms with E-state index in [2.05, 4.69) is 10.3 Å². The van der Waals surface area contributed by atoms with Crippen molar-refractivity contribution in [3.05, 3.63) is 58.4 Å². The van der Waals surface area contributed by atoms with Gasteiger partial charge in [0.05, 0.1) is 21.0 Å². The lowest BCUT2D eigenvalue weighted by Crippen LogP contribution is -2.25. The fourth-order valence-electron chi connectivity index (χ4n) is 2.65. The maximum Gasteiger partial charge on any atom is 0.261 e. The lowest BCUT2D eigenvalue weighted by molar-refractivity contribution is -0.115. The Kier molecular flexibility index (Phi) is 5.78. The minimum Gasteiger partial charge on any atom is -0.325 e. The molecule has 0 fully saturated rings. The average molecular weight is 433 g/mol. The minimum absolute atomic E-state index is 0.0384. The molecule has 2 aromatic carbocycles. The maximum atomic E-state index is 12.6. The van der Waals surface area contributed by atoms with Crippen molar-refractivity contribution in [1.82, 2.24) is 9.55 Å². The summed E-state index contributed by atoms with van der Waals surface area (Å²) in [4.78, 5) is 29.6. The number of aromatic nitrogens is 2. The standard InChI is InChI=1S/C19H20N4O4S2/c1-11-4-9-16-15(10-11)18(25)23(3)19(22-16)28-12(2)17(24)21-13-5-7-14(8-6-13)29(20,26)27/h4-10,12H,1-3H3,(H,21,24)(H2,20,26,27). The fraction of sp³-hybridized carbons (Fsp3) is 0.211. The van der Waals surface area contributed by atoms with Crippen LogP contribution >= 0.6 is 11.8 Å². The number of fused-ring (bicyclic) bond motifs is 1. The van der Waals surface area contributed by atoms with Crippen LogP contribution in [0.25, 0.3) is 10.9 Å². The van der Waals surface area contributed by atoms with E-state index in [4.69, 9.17) is 5.14 Å². The number of sulfonamides is 1. The number of nitrogens with zero attached hydrogens (tertiary/aromatic N) is 2. The van der Waals surface area contributed by atoms with Crippen LogP contribution in [-0.4, -0.2) is 29.1 Å². The second-order valence-electron chi connectivity index (χ2n) is 6.60. The quantitative estimate of drug-likeness (QED) is 0.469. The van der Waals surface area contributed by atoms with E-state index in [0.717, 1.165) is 17.3 Å². The number of hydrogen-bond donors (Lipinski definition) is 2. The van der Waals surface area contributed by atoms with Gasteiger partial charge in [0.25, 0.3) is 5.56 Å². The molecule has 10 heteroatoms. The van der Waals surface area contributed by atoms with E-state index in [1.165, 1.54) is 28.8 Å². The van der Waals surface area contributed by atoms with Crippen LogP contribution in [0.3, 0.4) is 0 Å². The van der Waals surface area contributed by atoms with Crippen LogP contribution in [0.1, 0.15) is 12.5 Å². The third-order valence-corrected chi connectivity index (χ3v) is 6.36. The number of rotatable bonds is 5. The molecule has 0 saturated carbocycles. The van der Waals surface area contributed by atoms with Gasteiger partial charge in [0, 0.05) is 12.7 Å². The number of carbonyl (C=O) groups excluding carboxylic acids is 1. The van der Waals surface area contributed by atoms with Crippen molar-refractivity contribution < 1.29 is 13.2 Å². The number of aryl methyl sites for hydroxylation is 1. The zero-order chi connectivity index (χ0) is 21.3. The first-order valence-electron chi connectivity index (χ1n) is 8.64. The highest BCUT2D eigenvalue weighted by Crippen LogP contribution is 2.23. The molecule has 1 atom stereocenters. The molecule has 1 unspecified atom stereocenters. The Morgan fingerprint density at radius 2 is 1.86 bits per heavy atom. The molecular formula is C19H20N4O4S2. The van der Waals surface area contributed by atoms with Crippen molar-refractivity contribution >= 4 is 44.3 Å². The summed E-state index contributed by atoms with van der Waals surface area (Å²) in [6.45, 7) is 3.60. The number of nitrogens with one attached hydrogen (secondary N) is 1. The maximum absolute atomic E-state index is 12.6. The van der Waals surface area contributed by atoms with Gasteiger partial charge in [-0.3, -0.25) is 14.2 Å². The highest BCUT2D eigenvalue weighted by molar-refractivity contribution is 8.00. The van der Waals surface area contributed by atoms with E-state index in [-0.39, 0.29) is 16.4 Å². The molecule has 0 radical (unpaired) electrons. The summed E-state index contributed by atoms with van der Waals surface area (Å²) in [7, 11) is -2.17. The van der Waals surface area contributed by atoms with Gasteiger partial charge in [-0.15, -0.1) is 0 Å². The molecule has 0 bridgehead atoms. The highest BCUT2D eigenvalue weighted by Gasteiger charge is 2.19. The molecule has 0 aliphatic heterocycles. The van der Waals surface area contributed by atoms with E-state index < -0.39 is 15.3 Å². The normalized spacial score (nSPS) is 12.7.